The van der Waals surface area contributed by atoms with E-state index in [4.69, 9.17) is 5.11 Å². The third kappa shape index (κ3) is 3.44. The van der Waals surface area contributed by atoms with Gasteiger partial charge in [-0.1, -0.05) is 0 Å². The molecule has 1 heterocycles. The van der Waals surface area contributed by atoms with Gasteiger partial charge in [0.1, 0.15) is 0 Å². The largest absolute Gasteiger partial charge is 0.478 e. The van der Waals surface area contributed by atoms with E-state index in [1.54, 1.807) is 0 Å². The SMILES string of the molecule is O=C(O)/C=C(\F)C(F)(F)C(F)(F)C(F)(F)C(F)(F)C1OC1(F)C(F)(F)C(F)(F)C(F)(F)F. The van der Waals surface area contributed by atoms with Gasteiger partial charge in [0.05, 0.1) is 6.08 Å². The number of aliphatic carboxylic acids is 1. The Hall–Kier alpha value is -2.02. The van der Waals surface area contributed by atoms with Crippen LogP contribution in [0.5, 0.6) is 0 Å². The lowest BCUT2D eigenvalue weighted by molar-refractivity contribution is -0.381. The van der Waals surface area contributed by atoms with E-state index >= 15 is 0 Å². The summed E-state index contributed by atoms with van der Waals surface area (Å²) in [5.74, 6) is -58.7. The Kier molecular flexibility index (Phi) is 6.12. The molecule has 0 amide bonds. The first-order chi connectivity index (χ1) is 13.7. The highest BCUT2D eigenvalue weighted by Crippen LogP contribution is 2.67. The predicted octanol–water partition coefficient (Wildman–Crippen LogP) is 5.36. The van der Waals surface area contributed by atoms with Crippen molar-refractivity contribution in [1.29, 1.82) is 0 Å². The molecule has 1 N–H and O–H groups in total. The van der Waals surface area contributed by atoms with Gasteiger partial charge in [0.15, 0.2) is 11.9 Å². The van der Waals surface area contributed by atoms with Gasteiger partial charge in [-0.25, -0.2) is 13.6 Å². The number of halogens is 17. The highest BCUT2D eigenvalue weighted by atomic mass is 19.4. The maximum Gasteiger partial charge on any atom is 0.460 e. The minimum absolute atomic E-state index is 1.52. The first-order valence-corrected chi connectivity index (χ1v) is 6.98. The molecule has 20 heteroatoms. The molecule has 1 fully saturated rings. The van der Waals surface area contributed by atoms with Crippen molar-refractivity contribution in [3.8, 4) is 0 Å². The Morgan fingerprint density at radius 3 is 1.53 bits per heavy atom. The second kappa shape index (κ2) is 6.99. The Balaban J connectivity index is 3.50. The van der Waals surface area contributed by atoms with Crippen molar-refractivity contribution < 1.29 is 89.3 Å². The lowest BCUT2D eigenvalue weighted by Gasteiger charge is -2.36. The fourth-order valence-electron chi connectivity index (χ4n) is 2.00. The van der Waals surface area contributed by atoms with Crippen molar-refractivity contribution in [2.75, 3.05) is 0 Å². The fourth-order valence-corrected chi connectivity index (χ4v) is 2.00. The molecule has 0 aromatic rings. The normalized spacial score (nSPS) is 24.5. The second-order valence-corrected chi connectivity index (χ2v) is 5.97. The van der Waals surface area contributed by atoms with Gasteiger partial charge >= 0.3 is 53.5 Å². The molecule has 1 rings (SSSR count). The molecule has 3 nitrogen and oxygen atoms in total. The summed E-state index contributed by atoms with van der Waals surface area (Å²) in [5.41, 5.74) is 0. The van der Waals surface area contributed by atoms with Crippen LogP contribution in [-0.4, -0.2) is 64.7 Å². The van der Waals surface area contributed by atoms with Crippen LogP contribution < -0.4 is 0 Å². The summed E-state index contributed by atoms with van der Waals surface area (Å²) in [6, 6.07) is 0. The third-order valence-electron chi connectivity index (χ3n) is 3.83. The number of carbonyl (C=O) groups is 1. The first kappa shape index (κ1) is 28.0. The molecule has 0 aromatic carbocycles. The zero-order valence-electron chi connectivity index (χ0n) is 13.8. The van der Waals surface area contributed by atoms with E-state index in [0.717, 1.165) is 0 Å². The molecular formula is C12H3F17O3. The average molecular weight is 518 g/mol. The van der Waals surface area contributed by atoms with Gasteiger partial charge in [0.2, 0.25) is 0 Å². The fraction of sp³-hybridized carbons (Fsp3) is 0.750. The molecule has 1 aliphatic rings. The zero-order valence-corrected chi connectivity index (χ0v) is 13.8. The smallest absolute Gasteiger partial charge is 0.460 e. The van der Waals surface area contributed by atoms with Gasteiger partial charge in [-0.05, 0) is 0 Å². The quantitative estimate of drug-likeness (QED) is 0.268. The van der Waals surface area contributed by atoms with Crippen molar-refractivity contribution in [3.05, 3.63) is 11.9 Å². The van der Waals surface area contributed by atoms with E-state index in [1.807, 2.05) is 0 Å². The van der Waals surface area contributed by atoms with Crippen LogP contribution >= 0.6 is 0 Å². The Morgan fingerprint density at radius 1 is 0.781 bits per heavy atom. The minimum atomic E-state index is -7.91. The molecule has 2 atom stereocenters. The van der Waals surface area contributed by atoms with Gasteiger partial charge in [-0.15, -0.1) is 0 Å². The molecule has 1 aliphatic heterocycles. The molecule has 188 valence electrons. The molecule has 0 aliphatic carbocycles. The number of hydrogen-bond acceptors (Lipinski definition) is 2. The van der Waals surface area contributed by atoms with Crippen LogP contribution in [0.4, 0.5) is 74.6 Å². The van der Waals surface area contributed by atoms with Crippen molar-refractivity contribution in [3.63, 3.8) is 0 Å². The zero-order chi connectivity index (χ0) is 26.1. The molecule has 0 spiro atoms. The number of carboxylic acids is 1. The van der Waals surface area contributed by atoms with Crippen molar-refractivity contribution in [1.82, 2.24) is 0 Å². The van der Waals surface area contributed by atoms with Crippen LogP contribution in [0.3, 0.4) is 0 Å². The summed E-state index contributed by atoms with van der Waals surface area (Å²) >= 11 is 0. The standard InChI is InChI=1S/C12H3F17O3/c13-2(1-3(30)31)5(14,15)8(19,20)9(21,22)6(16,17)4-7(18,32-4)10(23,24)11(25,26)12(27,28)29/h1,4H,(H,30,31)/b2-1-. The van der Waals surface area contributed by atoms with Crippen LogP contribution in [0.1, 0.15) is 0 Å². The van der Waals surface area contributed by atoms with Gasteiger partial charge in [0, 0.05) is 0 Å². The molecular weight excluding hydrogens is 515 g/mol. The summed E-state index contributed by atoms with van der Waals surface area (Å²) in [6.45, 7) is 0. The molecule has 2 unspecified atom stereocenters. The van der Waals surface area contributed by atoms with Crippen LogP contribution in [0.25, 0.3) is 0 Å². The lowest BCUT2D eigenvalue weighted by atomic mass is 9.91. The first-order valence-electron chi connectivity index (χ1n) is 6.98. The van der Waals surface area contributed by atoms with E-state index in [9.17, 15) is 79.4 Å². The molecule has 1 saturated heterocycles. The number of alkyl halides is 16. The van der Waals surface area contributed by atoms with Crippen LogP contribution in [0, 0.1) is 0 Å². The van der Waals surface area contributed by atoms with Crippen molar-refractivity contribution in [2.24, 2.45) is 0 Å². The maximum atomic E-state index is 13.6. The van der Waals surface area contributed by atoms with Crippen LogP contribution in [-0.2, 0) is 9.53 Å². The van der Waals surface area contributed by atoms with Gasteiger partial charge < -0.3 is 9.84 Å². The molecule has 0 aromatic heterocycles. The van der Waals surface area contributed by atoms with E-state index in [1.165, 1.54) is 0 Å². The summed E-state index contributed by atoms with van der Waals surface area (Å²) in [7, 11) is 0. The topological polar surface area (TPSA) is 49.8 Å². The number of rotatable bonds is 8. The third-order valence-corrected chi connectivity index (χ3v) is 3.83. The summed E-state index contributed by atoms with van der Waals surface area (Å²) < 4.78 is 224. The average Bonchev–Trinajstić information content (AvgIpc) is 3.27. The molecule has 32 heavy (non-hydrogen) atoms. The summed E-state index contributed by atoms with van der Waals surface area (Å²) in [4.78, 5) is 9.97. The van der Waals surface area contributed by atoms with E-state index in [2.05, 4.69) is 4.74 Å². The minimum Gasteiger partial charge on any atom is -0.478 e. The monoisotopic (exact) mass is 518 g/mol. The number of carboxylic acid groups (broad SMARTS) is 1. The van der Waals surface area contributed by atoms with E-state index in [0.29, 0.717) is 0 Å². The highest BCUT2D eigenvalue weighted by Gasteiger charge is 2.96. The van der Waals surface area contributed by atoms with Gasteiger partial charge in [0.25, 0.3) is 0 Å². The van der Waals surface area contributed by atoms with Crippen LogP contribution in [0.2, 0.25) is 0 Å². The van der Waals surface area contributed by atoms with Crippen molar-refractivity contribution in [2.45, 2.75) is 53.7 Å². The lowest BCUT2D eigenvalue weighted by Crippen LogP contribution is -2.66. The number of allylic oxidation sites excluding steroid dienone is 1. The Labute approximate surface area is 162 Å². The number of hydrogen-bond donors (Lipinski definition) is 1. The maximum absolute atomic E-state index is 13.6. The molecule has 0 bridgehead atoms. The van der Waals surface area contributed by atoms with Crippen molar-refractivity contribution >= 4 is 5.97 Å². The van der Waals surface area contributed by atoms with Crippen LogP contribution in [0.15, 0.2) is 11.9 Å². The second-order valence-electron chi connectivity index (χ2n) is 5.97. The highest BCUT2D eigenvalue weighted by molar-refractivity contribution is 5.80. The summed E-state index contributed by atoms with van der Waals surface area (Å²) in [6.07, 6.45) is -14.3. The Bertz CT molecular complexity index is 797. The number of epoxide rings is 1. The van der Waals surface area contributed by atoms with E-state index < -0.39 is 71.5 Å². The molecule has 0 radical (unpaired) electrons. The van der Waals surface area contributed by atoms with E-state index in [-0.39, 0.29) is 0 Å². The summed E-state index contributed by atoms with van der Waals surface area (Å²) in [5, 5.41) is 7.93. The molecule has 0 saturated carbocycles. The Morgan fingerprint density at radius 2 is 1.19 bits per heavy atom. The van der Waals surface area contributed by atoms with Gasteiger partial charge in [-0.2, -0.15) is 65.9 Å². The predicted molar refractivity (Wildman–Crippen MR) is 61.3 cm³/mol. The number of ether oxygens (including phenoxy) is 1. The van der Waals surface area contributed by atoms with Gasteiger partial charge in [-0.3, -0.25) is 0 Å².